The summed E-state index contributed by atoms with van der Waals surface area (Å²) in [6.45, 7) is 5.69. The minimum absolute atomic E-state index is 0.0212. The van der Waals surface area contributed by atoms with Crippen molar-refractivity contribution in [2.75, 3.05) is 56.6 Å². The number of piperidine rings is 1. The maximum atomic E-state index is 13.3. The fourth-order valence-corrected chi connectivity index (χ4v) is 5.41. The average molecular weight is 592 g/mol. The fourth-order valence-electron chi connectivity index (χ4n) is 5.30. The Morgan fingerprint density at radius 1 is 0.952 bits per heavy atom. The first-order chi connectivity index (χ1) is 20.4. The molecule has 0 saturated carbocycles. The van der Waals surface area contributed by atoms with Gasteiger partial charge in [0, 0.05) is 51.1 Å². The average Bonchev–Trinajstić information content (AvgIpc) is 3.28. The Labute approximate surface area is 249 Å². The van der Waals surface area contributed by atoms with Gasteiger partial charge in [0.2, 0.25) is 5.91 Å². The van der Waals surface area contributed by atoms with Crippen LogP contribution in [0.1, 0.15) is 51.5 Å². The molecule has 3 N–H and O–H groups in total. The van der Waals surface area contributed by atoms with E-state index in [4.69, 9.17) is 16.3 Å². The molecule has 1 unspecified atom stereocenters. The van der Waals surface area contributed by atoms with E-state index < -0.39 is 11.8 Å². The van der Waals surface area contributed by atoms with Gasteiger partial charge in [-0.2, -0.15) is 0 Å². The molecule has 3 aromatic rings. The number of para-hydroxylation sites is 1. The predicted octanol–water partition coefficient (Wildman–Crippen LogP) is 4.37. The molecule has 0 aliphatic carbocycles. The van der Waals surface area contributed by atoms with Crippen molar-refractivity contribution in [3.05, 3.63) is 82.5 Å². The minimum atomic E-state index is -0.559. The highest BCUT2D eigenvalue weighted by Gasteiger charge is 2.30. The molecule has 2 aromatic carbocycles. The Kier molecular flexibility index (Phi) is 9.68. The Hall–Kier alpha value is -3.99. The molecule has 2 aliphatic rings. The van der Waals surface area contributed by atoms with Crippen LogP contribution in [0.5, 0.6) is 5.75 Å². The van der Waals surface area contributed by atoms with E-state index in [0.29, 0.717) is 17.1 Å². The first kappa shape index (κ1) is 29.5. The number of nitrogens with one attached hydrogen (secondary N) is 2. The number of hydrogen-bond donors (Lipinski definition) is 3. The predicted molar refractivity (Wildman–Crippen MR) is 160 cm³/mol. The lowest BCUT2D eigenvalue weighted by Crippen LogP contribution is -2.44. The Morgan fingerprint density at radius 2 is 1.79 bits per heavy atom. The van der Waals surface area contributed by atoms with Crippen LogP contribution in [0, 0.1) is 0 Å². The van der Waals surface area contributed by atoms with Crippen LogP contribution in [0.3, 0.4) is 0 Å². The van der Waals surface area contributed by atoms with Crippen LogP contribution in [-0.4, -0.2) is 83.5 Å². The summed E-state index contributed by atoms with van der Waals surface area (Å²) in [5.74, 6) is -1.18. The molecule has 42 heavy (non-hydrogen) atoms. The van der Waals surface area contributed by atoms with Crippen LogP contribution in [0.4, 0.5) is 11.5 Å². The van der Waals surface area contributed by atoms with E-state index in [1.165, 1.54) is 24.4 Å². The van der Waals surface area contributed by atoms with E-state index in [1.807, 2.05) is 4.90 Å². The number of phenolic OH excluding ortho intramolecular Hbond substituents is 1. The number of aromatic nitrogens is 1. The van der Waals surface area contributed by atoms with Crippen molar-refractivity contribution in [2.45, 2.75) is 25.2 Å². The molecule has 3 amide bonds. The van der Waals surface area contributed by atoms with E-state index in [2.05, 4.69) is 20.5 Å². The first-order valence-electron chi connectivity index (χ1n) is 14.1. The molecule has 1 aromatic heterocycles. The Morgan fingerprint density at radius 3 is 2.57 bits per heavy atom. The zero-order chi connectivity index (χ0) is 29.5. The summed E-state index contributed by atoms with van der Waals surface area (Å²) in [7, 11) is 0. The number of anilines is 2. The number of benzene rings is 2. The van der Waals surface area contributed by atoms with E-state index in [1.54, 1.807) is 36.4 Å². The SMILES string of the molecule is O=C(Nc1c(O)cccc1C(=O)Nc1ccc(Cl)cn1)c1ccc(C2CCCN(CCN3CCCOCC3)C2=O)cc1. The second kappa shape index (κ2) is 13.8. The minimum Gasteiger partial charge on any atom is -0.506 e. The summed E-state index contributed by atoms with van der Waals surface area (Å²) >= 11 is 5.86. The lowest BCUT2D eigenvalue weighted by molar-refractivity contribution is -0.135. The topological polar surface area (TPSA) is 124 Å². The number of carbonyl (C=O) groups excluding carboxylic acids is 3. The van der Waals surface area contributed by atoms with Crippen molar-refractivity contribution in [3.8, 4) is 5.75 Å². The molecule has 11 heteroatoms. The van der Waals surface area contributed by atoms with Gasteiger partial charge in [-0.1, -0.05) is 29.8 Å². The van der Waals surface area contributed by atoms with Gasteiger partial charge in [-0.3, -0.25) is 19.3 Å². The van der Waals surface area contributed by atoms with Crippen LogP contribution in [0.25, 0.3) is 0 Å². The molecule has 2 aliphatic heterocycles. The molecule has 5 rings (SSSR count). The largest absolute Gasteiger partial charge is 0.506 e. The van der Waals surface area contributed by atoms with Crippen molar-refractivity contribution < 1.29 is 24.2 Å². The highest BCUT2D eigenvalue weighted by molar-refractivity contribution is 6.30. The number of aromatic hydroxyl groups is 1. The van der Waals surface area contributed by atoms with E-state index in [0.717, 1.165) is 64.2 Å². The number of amides is 3. The molecular weight excluding hydrogens is 558 g/mol. The zero-order valence-electron chi connectivity index (χ0n) is 23.2. The number of pyridine rings is 1. The van der Waals surface area contributed by atoms with Gasteiger partial charge in [-0.05, 0) is 61.2 Å². The third-order valence-electron chi connectivity index (χ3n) is 7.60. The molecule has 2 saturated heterocycles. The lowest BCUT2D eigenvalue weighted by Gasteiger charge is -2.34. The van der Waals surface area contributed by atoms with Gasteiger partial charge in [-0.25, -0.2) is 4.98 Å². The number of rotatable bonds is 8. The number of hydrogen-bond acceptors (Lipinski definition) is 7. The van der Waals surface area contributed by atoms with Gasteiger partial charge in [0.25, 0.3) is 11.8 Å². The number of halogens is 1. The second-order valence-corrected chi connectivity index (χ2v) is 10.9. The second-order valence-electron chi connectivity index (χ2n) is 10.4. The smallest absolute Gasteiger partial charge is 0.259 e. The van der Waals surface area contributed by atoms with Gasteiger partial charge < -0.3 is 25.4 Å². The summed E-state index contributed by atoms with van der Waals surface area (Å²) in [6, 6.07) is 14.4. The molecule has 2 fully saturated rings. The van der Waals surface area contributed by atoms with Crippen molar-refractivity contribution in [3.63, 3.8) is 0 Å². The van der Waals surface area contributed by atoms with Crippen molar-refractivity contribution >= 4 is 40.8 Å². The van der Waals surface area contributed by atoms with E-state index in [9.17, 15) is 19.5 Å². The third kappa shape index (κ3) is 7.25. The third-order valence-corrected chi connectivity index (χ3v) is 7.83. The number of ether oxygens (including phenoxy) is 1. The summed E-state index contributed by atoms with van der Waals surface area (Å²) in [4.78, 5) is 47.7. The first-order valence-corrected chi connectivity index (χ1v) is 14.5. The maximum absolute atomic E-state index is 13.3. The van der Waals surface area contributed by atoms with Crippen molar-refractivity contribution in [1.82, 2.24) is 14.8 Å². The molecule has 0 bridgehead atoms. The Balaban J connectivity index is 1.23. The van der Waals surface area contributed by atoms with Crippen LogP contribution in [0.2, 0.25) is 5.02 Å². The number of phenols is 1. The molecule has 1 atom stereocenters. The Bertz CT molecular complexity index is 1410. The van der Waals surface area contributed by atoms with Gasteiger partial charge in [0.1, 0.15) is 11.6 Å². The van der Waals surface area contributed by atoms with Crippen LogP contribution < -0.4 is 10.6 Å². The summed E-state index contributed by atoms with van der Waals surface area (Å²) in [5, 5.41) is 16.2. The standard InChI is InChI=1S/C31H34ClN5O5/c32-23-11-12-27(33-20-23)34-30(40)25-4-1-6-26(38)28(25)35-29(39)22-9-7-21(8-10-22)24-5-2-14-37(31(24)41)16-15-36-13-3-18-42-19-17-36/h1,4,6-12,20,24,38H,2-3,5,13-19H2,(H,35,39)(H,33,34,40). The van der Waals surface area contributed by atoms with Crippen LogP contribution >= 0.6 is 11.6 Å². The zero-order valence-corrected chi connectivity index (χ0v) is 24.0. The summed E-state index contributed by atoms with van der Waals surface area (Å²) < 4.78 is 5.53. The summed E-state index contributed by atoms with van der Waals surface area (Å²) in [5.41, 5.74) is 1.24. The molecule has 3 heterocycles. The fraction of sp³-hybridized carbons (Fsp3) is 0.355. The van der Waals surface area contributed by atoms with Crippen molar-refractivity contribution in [1.29, 1.82) is 0 Å². The molecular formula is C31H34ClN5O5. The molecule has 0 radical (unpaired) electrons. The monoisotopic (exact) mass is 591 g/mol. The maximum Gasteiger partial charge on any atom is 0.259 e. The normalized spacial score (nSPS) is 17.9. The number of nitrogens with zero attached hydrogens (tertiary/aromatic N) is 3. The van der Waals surface area contributed by atoms with Gasteiger partial charge in [-0.15, -0.1) is 0 Å². The highest BCUT2D eigenvalue weighted by Crippen LogP contribution is 2.30. The van der Waals surface area contributed by atoms with E-state index >= 15 is 0 Å². The van der Waals surface area contributed by atoms with E-state index in [-0.39, 0.29) is 34.6 Å². The van der Waals surface area contributed by atoms with Crippen LogP contribution in [-0.2, 0) is 9.53 Å². The number of carbonyl (C=O) groups is 3. The quantitative estimate of drug-likeness (QED) is 0.332. The summed E-state index contributed by atoms with van der Waals surface area (Å²) in [6.07, 6.45) is 4.09. The van der Waals surface area contributed by atoms with Gasteiger partial charge in [0.05, 0.1) is 28.8 Å². The highest BCUT2D eigenvalue weighted by atomic mass is 35.5. The molecule has 10 nitrogen and oxygen atoms in total. The van der Waals surface area contributed by atoms with Crippen LogP contribution in [0.15, 0.2) is 60.8 Å². The number of likely N-dealkylation sites (tertiary alicyclic amines) is 1. The van der Waals surface area contributed by atoms with Crippen molar-refractivity contribution in [2.24, 2.45) is 0 Å². The van der Waals surface area contributed by atoms with Gasteiger partial charge in [0.15, 0.2) is 0 Å². The lowest BCUT2D eigenvalue weighted by atomic mass is 9.89. The van der Waals surface area contributed by atoms with Gasteiger partial charge >= 0.3 is 0 Å². The molecule has 0 spiro atoms. The molecule has 220 valence electrons.